The number of fused-ring (bicyclic) bond motifs is 1. The predicted octanol–water partition coefficient (Wildman–Crippen LogP) is 3.43. The Labute approximate surface area is 117 Å². The van der Waals surface area contributed by atoms with Gasteiger partial charge >= 0.3 is 0 Å². The molecule has 1 fully saturated rings. The molecule has 0 aliphatic carbocycles. The van der Waals surface area contributed by atoms with E-state index < -0.39 is 0 Å². The average Bonchev–Trinajstić information content (AvgIpc) is 2.79. The zero-order valence-electron chi connectivity index (χ0n) is 11.8. The Hall–Kier alpha value is -1.84. The van der Waals surface area contributed by atoms with Crippen molar-refractivity contribution in [3.05, 3.63) is 35.8 Å². The molecule has 1 saturated heterocycles. The number of aromatic amines is 1. The number of rotatable bonds is 1. The number of carbonyl (C=O) groups is 1. The molecule has 0 bridgehead atoms. The number of H-pyrrole nitrogens is 1. The monoisotopic (exact) mass is 274 g/mol. The van der Waals surface area contributed by atoms with E-state index in [4.69, 9.17) is 0 Å². The first-order valence-corrected chi connectivity index (χ1v) is 7.10. The molecule has 1 amide bonds. The van der Waals surface area contributed by atoms with Crippen molar-refractivity contribution < 1.29 is 9.18 Å². The summed E-state index contributed by atoms with van der Waals surface area (Å²) in [5.74, 6) is 0.796. The Kier molecular flexibility index (Phi) is 3.24. The van der Waals surface area contributed by atoms with E-state index >= 15 is 0 Å². The maximum atomic E-state index is 13.2. The van der Waals surface area contributed by atoms with Gasteiger partial charge in [-0.05, 0) is 42.5 Å². The first-order valence-electron chi connectivity index (χ1n) is 7.10. The molecule has 20 heavy (non-hydrogen) atoms. The number of benzene rings is 1. The second-order valence-corrected chi connectivity index (χ2v) is 6.07. The molecule has 1 aliphatic heterocycles. The predicted molar refractivity (Wildman–Crippen MR) is 77.1 cm³/mol. The fourth-order valence-corrected chi connectivity index (χ4v) is 3.22. The Morgan fingerprint density at radius 3 is 2.65 bits per heavy atom. The van der Waals surface area contributed by atoms with Gasteiger partial charge < -0.3 is 9.88 Å². The molecular formula is C16H19FN2O. The minimum absolute atomic E-state index is 0.0139. The summed E-state index contributed by atoms with van der Waals surface area (Å²) in [7, 11) is 0. The standard InChI is InChI=1S/C16H19FN2O/c1-10-5-11(2)9-19(8-10)16(20)15-7-12-6-13(17)3-4-14(12)18-15/h3-4,6-7,10-11,18H,5,8-9H2,1-2H3/t10-,11-/m0/s1. The maximum absolute atomic E-state index is 13.2. The fraction of sp³-hybridized carbons (Fsp3) is 0.438. The van der Waals surface area contributed by atoms with E-state index in [0.29, 0.717) is 17.5 Å². The van der Waals surface area contributed by atoms with Gasteiger partial charge in [-0.15, -0.1) is 0 Å². The molecule has 2 atom stereocenters. The third-order valence-electron chi connectivity index (χ3n) is 3.97. The lowest BCUT2D eigenvalue weighted by Crippen LogP contribution is -2.42. The summed E-state index contributed by atoms with van der Waals surface area (Å²) in [6.07, 6.45) is 1.17. The van der Waals surface area contributed by atoms with Crippen LogP contribution in [-0.2, 0) is 0 Å². The van der Waals surface area contributed by atoms with Gasteiger partial charge in [0.1, 0.15) is 11.5 Å². The van der Waals surface area contributed by atoms with Gasteiger partial charge in [0.2, 0.25) is 0 Å². The Morgan fingerprint density at radius 1 is 1.25 bits per heavy atom. The Balaban J connectivity index is 1.88. The second-order valence-electron chi connectivity index (χ2n) is 6.07. The molecule has 0 radical (unpaired) electrons. The number of halogens is 1. The summed E-state index contributed by atoms with van der Waals surface area (Å²) >= 11 is 0. The first kappa shape index (κ1) is 13.2. The lowest BCUT2D eigenvalue weighted by molar-refractivity contribution is 0.0618. The molecule has 1 aliphatic rings. The average molecular weight is 274 g/mol. The van der Waals surface area contributed by atoms with Crippen LogP contribution in [0.4, 0.5) is 4.39 Å². The van der Waals surface area contributed by atoms with Crippen LogP contribution >= 0.6 is 0 Å². The highest BCUT2D eigenvalue weighted by atomic mass is 19.1. The third-order valence-corrected chi connectivity index (χ3v) is 3.97. The quantitative estimate of drug-likeness (QED) is 0.849. The number of likely N-dealkylation sites (tertiary alicyclic amines) is 1. The van der Waals surface area contributed by atoms with Crippen LogP contribution < -0.4 is 0 Å². The topological polar surface area (TPSA) is 36.1 Å². The lowest BCUT2D eigenvalue weighted by atomic mass is 9.92. The van der Waals surface area contributed by atoms with Gasteiger partial charge in [-0.3, -0.25) is 4.79 Å². The van der Waals surface area contributed by atoms with E-state index in [2.05, 4.69) is 18.8 Å². The normalized spacial score (nSPS) is 23.2. The van der Waals surface area contributed by atoms with Gasteiger partial charge in [0, 0.05) is 24.0 Å². The highest BCUT2D eigenvalue weighted by Crippen LogP contribution is 2.24. The fourth-order valence-electron chi connectivity index (χ4n) is 3.22. The van der Waals surface area contributed by atoms with Crippen molar-refractivity contribution >= 4 is 16.8 Å². The van der Waals surface area contributed by atoms with Gasteiger partial charge in [-0.2, -0.15) is 0 Å². The molecule has 1 aromatic heterocycles. The molecule has 1 aromatic carbocycles. The van der Waals surface area contributed by atoms with Gasteiger partial charge in [-0.1, -0.05) is 13.8 Å². The molecule has 4 heteroatoms. The zero-order valence-corrected chi connectivity index (χ0v) is 11.8. The minimum Gasteiger partial charge on any atom is -0.351 e. The van der Waals surface area contributed by atoms with Crippen LogP contribution in [0, 0.1) is 17.7 Å². The maximum Gasteiger partial charge on any atom is 0.270 e. The van der Waals surface area contributed by atoms with Crippen molar-refractivity contribution in [1.82, 2.24) is 9.88 Å². The summed E-state index contributed by atoms with van der Waals surface area (Å²) in [4.78, 5) is 17.5. The van der Waals surface area contributed by atoms with Crippen molar-refractivity contribution in [3.63, 3.8) is 0 Å². The lowest BCUT2D eigenvalue weighted by Gasteiger charge is -2.34. The van der Waals surface area contributed by atoms with Crippen molar-refractivity contribution in [3.8, 4) is 0 Å². The van der Waals surface area contributed by atoms with Crippen molar-refractivity contribution in [2.45, 2.75) is 20.3 Å². The third kappa shape index (κ3) is 2.42. The number of amides is 1. The van der Waals surface area contributed by atoms with Gasteiger partial charge in [0.05, 0.1) is 0 Å². The number of nitrogens with one attached hydrogen (secondary N) is 1. The number of nitrogens with zero attached hydrogens (tertiary/aromatic N) is 1. The summed E-state index contributed by atoms with van der Waals surface area (Å²) in [5, 5.41) is 0.742. The van der Waals surface area contributed by atoms with E-state index in [1.807, 2.05) is 4.90 Å². The molecule has 2 aromatic rings. The van der Waals surface area contributed by atoms with Crippen LogP contribution in [0.1, 0.15) is 30.8 Å². The highest BCUT2D eigenvalue weighted by molar-refractivity contribution is 5.98. The largest absolute Gasteiger partial charge is 0.351 e. The molecule has 106 valence electrons. The molecule has 0 spiro atoms. The molecule has 1 N–H and O–H groups in total. The van der Waals surface area contributed by atoms with Crippen LogP contribution in [0.5, 0.6) is 0 Å². The Bertz CT molecular complexity index is 639. The molecule has 0 saturated carbocycles. The number of carbonyl (C=O) groups excluding carboxylic acids is 1. The number of aromatic nitrogens is 1. The smallest absolute Gasteiger partial charge is 0.270 e. The SMILES string of the molecule is C[C@H]1C[C@H](C)CN(C(=O)c2cc3cc(F)ccc3[nH]2)C1. The molecule has 0 unspecified atom stereocenters. The summed E-state index contributed by atoms with van der Waals surface area (Å²) in [6, 6.07) is 6.26. The van der Waals surface area contributed by atoms with E-state index in [0.717, 1.165) is 24.0 Å². The summed E-state index contributed by atoms with van der Waals surface area (Å²) in [6.45, 7) is 5.95. The second kappa shape index (κ2) is 4.93. The van der Waals surface area contributed by atoms with Gasteiger partial charge in [-0.25, -0.2) is 4.39 Å². The first-order chi connectivity index (χ1) is 9.52. The molecule has 3 rings (SSSR count). The van der Waals surface area contributed by atoms with E-state index in [9.17, 15) is 9.18 Å². The summed E-state index contributed by atoms with van der Waals surface area (Å²) in [5.41, 5.74) is 1.35. The number of hydrogen-bond donors (Lipinski definition) is 1. The van der Waals surface area contributed by atoms with Crippen LogP contribution in [0.25, 0.3) is 10.9 Å². The number of piperidine rings is 1. The van der Waals surface area contributed by atoms with Crippen molar-refractivity contribution in [1.29, 1.82) is 0 Å². The molecule has 2 heterocycles. The van der Waals surface area contributed by atoms with Crippen LogP contribution in [0.15, 0.2) is 24.3 Å². The van der Waals surface area contributed by atoms with E-state index in [-0.39, 0.29) is 11.7 Å². The van der Waals surface area contributed by atoms with Crippen molar-refractivity contribution in [2.75, 3.05) is 13.1 Å². The van der Waals surface area contributed by atoms with E-state index in [1.165, 1.54) is 18.6 Å². The van der Waals surface area contributed by atoms with Gasteiger partial charge in [0.15, 0.2) is 0 Å². The van der Waals surface area contributed by atoms with Gasteiger partial charge in [0.25, 0.3) is 5.91 Å². The van der Waals surface area contributed by atoms with E-state index in [1.54, 1.807) is 12.1 Å². The van der Waals surface area contributed by atoms with Crippen LogP contribution in [-0.4, -0.2) is 28.9 Å². The summed E-state index contributed by atoms with van der Waals surface area (Å²) < 4.78 is 13.2. The molecule has 3 nitrogen and oxygen atoms in total. The highest BCUT2D eigenvalue weighted by Gasteiger charge is 2.26. The van der Waals surface area contributed by atoms with Crippen LogP contribution in [0.3, 0.4) is 0 Å². The molecular weight excluding hydrogens is 255 g/mol. The van der Waals surface area contributed by atoms with Crippen LogP contribution in [0.2, 0.25) is 0 Å². The van der Waals surface area contributed by atoms with Crippen molar-refractivity contribution in [2.24, 2.45) is 11.8 Å². The Morgan fingerprint density at radius 2 is 1.95 bits per heavy atom. The minimum atomic E-state index is -0.282. The number of hydrogen-bond acceptors (Lipinski definition) is 1. The zero-order chi connectivity index (χ0) is 14.3.